The van der Waals surface area contributed by atoms with Gasteiger partial charge in [-0.3, -0.25) is 9.59 Å². The molecule has 0 fully saturated rings. The Balaban J connectivity index is 2.06. The Labute approximate surface area is 116 Å². The Morgan fingerprint density at radius 1 is 1.53 bits per heavy atom. The van der Waals surface area contributed by atoms with Crippen LogP contribution in [0.3, 0.4) is 0 Å². The second-order valence-electron chi connectivity index (χ2n) is 4.45. The molecule has 1 aromatic carbocycles. The van der Waals surface area contributed by atoms with E-state index < -0.39 is 0 Å². The fourth-order valence-corrected chi connectivity index (χ4v) is 2.46. The number of benzene rings is 1. The smallest absolute Gasteiger partial charge is 0.251 e. The van der Waals surface area contributed by atoms with Crippen LogP contribution in [0.15, 0.2) is 23.1 Å². The highest BCUT2D eigenvalue weighted by molar-refractivity contribution is 8.00. The summed E-state index contributed by atoms with van der Waals surface area (Å²) in [6.45, 7) is 2.55. The molecule has 2 amide bonds. The molecule has 1 atom stereocenters. The van der Waals surface area contributed by atoms with Gasteiger partial charge < -0.3 is 16.0 Å². The molecule has 3 N–H and O–H groups in total. The normalized spacial score (nSPS) is 15.4. The van der Waals surface area contributed by atoms with E-state index in [0.29, 0.717) is 17.9 Å². The molecule has 6 heteroatoms. The molecule has 19 heavy (non-hydrogen) atoms. The highest BCUT2D eigenvalue weighted by atomic mass is 32.2. The largest absolute Gasteiger partial charge is 0.350 e. The van der Waals surface area contributed by atoms with Gasteiger partial charge in [0, 0.05) is 23.0 Å². The molecule has 0 bridgehead atoms. The van der Waals surface area contributed by atoms with Crippen LogP contribution in [-0.2, 0) is 4.79 Å². The van der Waals surface area contributed by atoms with E-state index >= 15 is 0 Å². The molecule has 1 aliphatic rings. The van der Waals surface area contributed by atoms with Crippen molar-refractivity contribution in [2.45, 2.75) is 17.9 Å². The number of carbonyl (C=O) groups is 2. The lowest BCUT2D eigenvalue weighted by atomic mass is 10.1. The van der Waals surface area contributed by atoms with E-state index in [2.05, 4.69) is 16.0 Å². The lowest BCUT2D eigenvalue weighted by Crippen LogP contribution is -2.37. The predicted octanol–water partition coefficient (Wildman–Crippen LogP) is 1.07. The van der Waals surface area contributed by atoms with Crippen LogP contribution in [-0.4, -0.2) is 37.2 Å². The summed E-state index contributed by atoms with van der Waals surface area (Å²) in [5.74, 6) is 0.270. The molecule has 1 unspecified atom stereocenters. The summed E-state index contributed by atoms with van der Waals surface area (Å²) in [4.78, 5) is 24.3. The molecule has 0 saturated heterocycles. The number of fused-ring (bicyclic) bond motifs is 1. The molecule has 1 aromatic rings. The van der Waals surface area contributed by atoms with Crippen LogP contribution in [0.5, 0.6) is 0 Å². The van der Waals surface area contributed by atoms with E-state index in [1.807, 2.05) is 20.0 Å². The number of carbonyl (C=O) groups excluding carboxylic acids is 2. The first-order chi connectivity index (χ1) is 9.10. The zero-order valence-electron chi connectivity index (χ0n) is 10.9. The lowest BCUT2D eigenvalue weighted by Gasteiger charge is -2.17. The molecule has 0 radical (unpaired) electrons. The lowest BCUT2D eigenvalue weighted by molar-refractivity contribution is -0.113. The summed E-state index contributed by atoms with van der Waals surface area (Å²) in [6, 6.07) is 5.59. The number of rotatable bonds is 4. The molecular formula is C13H17N3O2S. The average Bonchev–Trinajstić information content (AvgIpc) is 2.43. The van der Waals surface area contributed by atoms with Gasteiger partial charge in [-0.25, -0.2) is 0 Å². The van der Waals surface area contributed by atoms with E-state index in [1.165, 1.54) is 11.8 Å². The van der Waals surface area contributed by atoms with Gasteiger partial charge in [0.15, 0.2) is 0 Å². The van der Waals surface area contributed by atoms with Gasteiger partial charge in [0.05, 0.1) is 11.4 Å². The van der Waals surface area contributed by atoms with Gasteiger partial charge in [0.1, 0.15) is 0 Å². The highest BCUT2D eigenvalue weighted by Crippen LogP contribution is 2.31. The third-order valence-corrected chi connectivity index (χ3v) is 4.01. The van der Waals surface area contributed by atoms with Crippen molar-refractivity contribution in [3.63, 3.8) is 0 Å². The number of hydrogen-bond acceptors (Lipinski definition) is 4. The van der Waals surface area contributed by atoms with Crippen molar-refractivity contribution < 1.29 is 9.59 Å². The van der Waals surface area contributed by atoms with Crippen LogP contribution in [0, 0.1) is 0 Å². The number of hydrogen-bond donors (Lipinski definition) is 3. The summed E-state index contributed by atoms with van der Waals surface area (Å²) >= 11 is 1.49. The number of thioether (sulfide) groups is 1. The third-order valence-electron chi connectivity index (χ3n) is 2.94. The van der Waals surface area contributed by atoms with Crippen LogP contribution in [0.2, 0.25) is 0 Å². The fourth-order valence-electron chi connectivity index (χ4n) is 1.67. The summed E-state index contributed by atoms with van der Waals surface area (Å²) in [7, 11) is 1.85. The molecule has 2 rings (SSSR count). The molecule has 0 aromatic heterocycles. The predicted molar refractivity (Wildman–Crippen MR) is 76.7 cm³/mol. The van der Waals surface area contributed by atoms with Gasteiger partial charge in [-0.05, 0) is 32.2 Å². The number of likely N-dealkylation sites (N-methyl/N-ethyl adjacent to an activating group) is 1. The van der Waals surface area contributed by atoms with Crippen molar-refractivity contribution in [1.29, 1.82) is 0 Å². The molecule has 1 heterocycles. The van der Waals surface area contributed by atoms with Gasteiger partial charge in [-0.1, -0.05) is 0 Å². The van der Waals surface area contributed by atoms with Gasteiger partial charge in [0.25, 0.3) is 5.91 Å². The standard InChI is InChI=1S/C13H17N3O2S/c1-8(14-2)6-15-13(18)9-3-4-11-10(5-9)16-12(17)7-19-11/h3-5,8,14H,6-7H2,1-2H3,(H,15,18)(H,16,17). The summed E-state index contributed by atoms with van der Waals surface area (Å²) < 4.78 is 0. The number of nitrogens with one attached hydrogen (secondary N) is 3. The number of amides is 2. The molecule has 5 nitrogen and oxygen atoms in total. The number of anilines is 1. The van der Waals surface area contributed by atoms with E-state index in [9.17, 15) is 9.59 Å². The van der Waals surface area contributed by atoms with Crippen LogP contribution in [0.1, 0.15) is 17.3 Å². The van der Waals surface area contributed by atoms with Crippen LogP contribution >= 0.6 is 11.8 Å². The first-order valence-electron chi connectivity index (χ1n) is 6.12. The van der Waals surface area contributed by atoms with Crippen molar-refractivity contribution >= 4 is 29.3 Å². The Morgan fingerprint density at radius 2 is 2.32 bits per heavy atom. The first-order valence-corrected chi connectivity index (χ1v) is 7.11. The van der Waals surface area contributed by atoms with Crippen molar-refractivity contribution in [2.24, 2.45) is 0 Å². The van der Waals surface area contributed by atoms with Crippen LogP contribution in [0.25, 0.3) is 0 Å². The molecule has 0 aliphatic carbocycles. The quantitative estimate of drug-likeness (QED) is 0.771. The minimum absolute atomic E-state index is 0.0288. The van der Waals surface area contributed by atoms with Crippen LogP contribution in [0.4, 0.5) is 5.69 Å². The van der Waals surface area contributed by atoms with E-state index in [0.717, 1.165) is 10.6 Å². The fraction of sp³-hybridized carbons (Fsp3) is 0.385. The molecule has 1 aliphatic heterocycles. The third kappa shape index (κ3) is 3.48. The minimum Gasteiger partial charge on any atom is -0.350 e. The first kappa shape index (κ1) is 13.9. The van der Waals surface area contributed by atoms with Gasteiger partial charge in [0.2, 0.25) is 5.91 Å². The maximum absolute atomic E-state index is 12.0. The van der Waals surface area contributed by atoms with Crippen molar-refractivity contribution in [3.05, 3.63) is 23.8 Å². The zero-order chi connectivity index (χ0) is 13.8. The monoisotopic (exact) mass is 279 g/mol. The van der Waals surface area contributed by atoms with Crippen molar-refractivity contribution in [2.75, 3.05) is 24.7 Å². The second-order valence-corrected chi connectivity index (χ2v) is 5.46. The minimum atomic E-state index is -0.130. The molecular weight excluding hydrogens is 262 g/mol. The Kier molecular flexibility index (Phi) is 4.44. The maximum atomic E-state index is 12.0. The van der Waals surface area contributed by atoms with Crippen molar-refractivity contribution in [1.82, 2.24) is 10.6 Å². The summed E-state index contributed by atoms with van der Waals surface area (Å²) in [6.07, 6.45) is 0. The van der Waals surface area contributed by atoms with E-state index in [-0.39, 0.29) is 17.9 Å². The van der Waals surface area contributed by atoms with Gasteiger partial charge in [-0.15, -0.1) is 11.8 Å². The highest BCUT2D eigenvalue weighted by Gasteiger charge is 2.17. The van der Waals surface area contributed by atoms with Gasteiger partial charge >= 0.3 is 0 Å². The van der Waals surface area contributed by atoms with Crippen molar-refractivity contribution in [3.8, 4) is 0 Å². The molecule has 0 spiro atoms. The molecule has 102 valence electrons. The van der Waals surface area contributed by atoms with E-state index in [4.69, 9.17) is 0 Å². The topological polar surface area (TPSA) is 70.2 Å². The summed E-state index contributed by atoms with van der Waals surface area (Å²) in [5.41, 5.74) is 1.28. The SMILES string of the molecule is CNC(C)CNC(=O)c1ccc2c(c1)NC(=O)CS2. The van der Waals surface area contributed by atoms with E-state index in [1.54, 1.807) is 12.1 Å². The Bertz CT molecular complexity index is 505. The van der Waals surface area contributed by atoms with Crippen LogP contribution < -0.4 is 16.0 Å². The Hall–Kier alpha value is -1.53. The van der Waals surface area contributed by atoms with Gasteiger partial charge in [-0.2, -0.15) is 0 Å². The Morgan fingerprint density at radius 3 is 3.05 bits per heavy atom. The summed E-state index contributed by atoms with van der Waals surface area (Å²) in [5, 5.41) is 8.68. The average molecular weight is 279 g/mol. The molecule has 0 saturated carbocycles. The second kappa shape index (κ2) is 6.08. The maximum Gasteiger partial charge on any atom is 0.251 e. The zero-order valence-corrected chi connectivity index (χ0v) is 11.8.